The average Bonchev–Trinajstić information content (AvgIpc) is 2.86. The maximum absolute atomic E-state index is 12.7. The number of hydrogen-bond donors (Lipinski definition) is 1. The van der Waals surface area contributed by atoms with Gasteiger partial charge in [-0.2, -0.15) is 0 Å². The number of sulfonamides is 1. The van der Waals surface area contributed by atoms with Crippen molar-refractivity contribution in [1.82, 2.24) is 5.32 Å². The van der Waals surface area contributed by atoms with E-state index in [1.165, 1.54) is 16.1 Å². The van der Waals surface area contributed by atoms with Crippen molar-refractivity contribution >= 4 is 21.6 Å². The number of rotatable bonds is 12. The van der Waals surface area contributed by atoms with E-state index in [-0.39, 0.29) is 12.5 Å². The molecule has 0 aliphatic rings. The molecule has 6 nitrogen and oxygen atoms in total. The number of nitrogens with zero attached hydrogens (tertiary/aromatic N) is 1. The number of carbonyl (C=O) groups is 1. The number of para-hydroxylation sites is 1. The number of benzene rings is 3. The summed E-state index contributed by atoms with van der Waals surface area (Å²) in [5.41, 5.74) is 5.22. The number of anilines is 1. The third kappa shape index (κ3) is 7.34. The molecule has 7 heteroatoms. The van der Waals surface area contributed by atoms with Gasteiger partial charge in [0.05, 0.1) is 25.0 Å². The minimum atomic E-state index is -3.50. The normalized spacial score (nSPS) is 11.2. The first kappa shape index (κ1) is 27.3. The van der Waals surface area contributed by atoms with Gasteiger partial charge in [0, 0.05) is 5.56 Å². The molecule has 0 aliphatic heterocycles. The second-order valence-electron chi connectivity index (χ2n) is 8.90. The minimum absolute atomic E-state index is 0.198. The van der Waals surface area contributed by atoms with E-state index in [0.29, 0.717) is 18.7 Å². The summed E-state index contributed by atoms with van der Waals surface area (Å²) in [6, 6.07) is 20.9. The summed E-state index contributed by atoms with van der Waals surface area (Å²) in [4.78, 5) is 12.5. The Morgan fingerprint density at radius 3 is 2.22 bits per heavy atom. The summed E-state index contributed by atoms with van der Waals surface area (Å²) in [5.74, 6) is 0.583. The van der Waals surface area contributed by atoms with Crippen LogP contribution < -0.4 is 14.4 Å². The largest absolute Gasteiger partial charge is 0.492 e. The van der Waals surface area contributed by atoms with Crippen molar-refractivity contribution in [1.29, 1.82) is 0 Å². The molecule has 3 rings (SSSR count). The molecular weight excluding hydrogens is 472 g/mol. The van der Waals surface area contributed by atoms with Gasteiger partial charge < -0.3 is 10.1 Å². The Hall–Kier alpha value is -3.32. The fourth-order valence-corrected chi connectivity index (χ4v) is 5.10. The van der Waals surface area contributed by atoms with Crippen LogP contribution in [-0.4, -0.2) is 33.7 Å². The molecule has 0 unspecified atom stereocenters. The molecule has 0 bridgehead atoms. The van der Waals surface area contributed by atoms with Crippen LogP contribution in [-0.2, 0) is 29.4 Å². The van der Waals surface area contributed by atoms with Crippen LogP contribution in [0.4, 0.5) is 5.69 Å². The molecule has 0 saturated heterocycles. The summed E-state index contributed by atoms with van der Waals surface area (Å²) >= 11 is 0. The topological polar surface area (TPSA) is 75.7 Å². The van der Waals surface area contributed by atoms with Gasteiger partial charge in [-0.1, -0.05) is 62.7 Å². The predicted octanol–water partition coefficient (Wildman–Crippen LogP) is 5.28. The standard InChI is InChI=1S/C29H36N2O4S/c1-5-8-23-13-17-27(18-14-23)35-20-19-30-29(32)26-15-11-24(12-16-26)21-31(36(4,33)34)28-22(3)9-7-10-25(28)6-2/h7,9-18H,5-6,8,19-21H2,1-4H3,(H,30,32). The molecule has 0 radical (unpaired) electrons. The minimum Gasteiger partial charge on any atom is -0.492 e. The molecule has 0 spiro atoms. The Kier molecular flexibility index (Phi) is 9.53. The first-order valence-electron chi connectivity index (χ1n) is 12.4. The van der Waals surface area contributed by atoms with Crippen molar-refractivity contribution in [3.05, 3.63) is 94.5 Å². The first-order valence-corrected chi connectivity index (χ1v) is 14.2. The number of ether oxygens (including phenoxy) is 1. The smallest absolute Gasteiger partial charge is 0.251 e. The average molecular weight is 509 g/mol. The van der Waals surface area contributed by atoms with E-state index in [0.717, 1.165) is 47.4 Å². The van der Waals surface area contributed by atoms with Gasteiger partial charge in [0.1, 0.15) is 12.4 Å². The predicted molar refractivity (Wildman–Crippen MR) is 146 cm³/mol. The van der Waals surface area contributed by atoms with Crippen molar-refractivity contribution in [3.63, 3.8) is 0 Å². The van der Waals surface area contributed by atoms with E-state index in [1.807, 2.05) is 44.2 Å². The molecule has 0 aliphatic carbocycles. The van der Waals surface area contributed by atoms with E-state index < -0.39 is 10.0 Å². The Bertz CT molecular complexity index is 1250. The summed E-state index contributed by atoms with van der Waals surface area (Å²) in [6.45, 7) is 7.04. The highest BCUT2D eigenvalue weighted by Crippen LogP contribution is 2.29. The third-order valence-electron chi connectivity index (χ3n) is 6.01. The quantitative estimate of drug-likeness (QED) is 0.338. The molecule has 1 N–H and O–H groups in total. The van der Waals surface area contributed by atoms with Gasteiger partial charge in [-0.25, -0.2) is 8.42 Å². The zero-order chi connectivity index (χ0) is 26.1. The molecule has 0 fully saturated rings. The van der Waals surface area contributed by atoms with E-state index in [9.17, 15) is 13.2 Å². The summed E-state index contributed by atoms with van der Waals surface area (Å²) in [5, 5.41) is 2.86. The summed E-state index contributed by atoms with van der Waals surface area (Å²) in [6.07, 6.45) is 4.11. The van der Waals surface area contributed by atoms with E-state index in [2.05, 4.69) is 24.4 Å². The van der Waals surface area contributed by atoms with E-state index in [4.69, 9.17) is 4.74 Å². The second-order valence-corrected chi connectivity index (χ2v) is 10.8. The van der Waals surface area contributed by atoms with Crippen LogP contribution in [0.1, 0.15) is 52.9 Å². The number of carbonyl (C=O) groups excluding carboxylic acids is 1. The fraction of sp³-hybridized carbons (Fsp3) is 0.345. The van der Waals surface area contributed by atoms with Gasteiger partial charge in [0.25, 0.3) is 5.91 Å². The number of nitrogens with one attached hydrogen (secondary N) is 1. The first-order chi connectivity index (χ1) is 17.2. The maximum Gasteiger partial charge on any atom is 0.251 e. The molecule has 36 heavy (non-hydrogen) atoms. The SMILES string of the molecule is CCCc1ccc(OCCNC(=O)c2ccc(CN(c3c(C)cccc3CC)S(C)(=O)=O)cc2)cc1. The van der Waals surface area contributed by atoms with Crippen LogP contribution in [0.15, 0.2) is 66.7 Å². The number of amides is 1. The number of aryl methyl sites for hydroxylation is 3. The van der Waals surface area contributed by atoms with E-state index in [1.54, 1.807) is 24.3 Å². The lowest BCUT2D eigenvalue weighted by molar-refractivity contribution is 0.0947. The Labute approximate surface area is 215 Å². The molecule has 0 heterocycles. The van der Waals surface area contributed by atoms with Crippen LogP contribution in [0, 0.1) is 6.92 Å². The Balaban J connectivity index is 1.59. The van der Waals surface area contributed by atoms with Crippen molar-refractivity contribution in [2.45, 2.75) is 46.6 Å². The van der Waals surface area contributed by atoms with Crippen LogP contribution in [0.5, 0.6) is 5.75 Å². The van der Waals surface area contributed by atoms with Crippen LogP contribution >= 0.6 is 0 Å². The van der Waals surface area contributed by atoms with Crippen molar-refractivity contribution < 1.29 is 17.9 Å². The highest BCUT2D eigenvalue weighted by Gasteiger charge is 2.22. The van der Waals surface area contributed by atoms with Crippen LogP contribution in [0.2, 0.25) is 0 Å². The van der Waals surface area contributed by atoms with Gasteiger partial charge in [-0.15, -0.1) is 0 Å². The van der Waals surface area contributed by atoms with E-state index >= 15 is 0 Å². The second kappa shape index (κ2) is 12.6. The Morgan fingerprint density at radius 2 is 1.61 bits per heavy atom. The molecule has 0 aromatic heterocycles. The molecule has 3 aromatic carbocycles. The lowest BCUT2D eigenvalue weighted by atomic mass is 10.1. The molecular formula is C29H36N2O4S. The molecule has 1 amide bonds. The monoisotopic (exact) mass is 508 g/mol. The highest BCUT2D eigenvalue weighted by atomic mass is 32.2. The van der Waals surface area contributed by atoms with Crippen LogP contribution in [0.25, 0.3) is 0 Å². The van der Waals surface area contributed by atoms with Gasteiger partial charge in [0.15, 0.2) is 0 Å². The van der Waals surface area contributed by atoms with Gasteiger partial charge in [0.2, 0.25) is 10.0 Å². The van der Waals surface area contributed by atoms with Crippen molar-refractivity contribution in [2.24, 2.45) is 0 Å². The maximum atomic E-state index is 12.7. The zero-order valence-corrected chi connectivity index (χ0v) is 22.4. The number of hydrogen-bond acceptors (Lipinski definition) is 4. The lowest BCUT2D eigenvalue weighted by Gasteiger charge is -2.26. The molecule has 0 saturated carbocycles. The molecule has 0 atom stereocenters. The summed E-state index contributed by atoms with van der Waals surface area (Å²) < 4.78 is 32.5. The van der Waals surface area contributed by atoms with Gasteiger partial charge in [-0.05, 0) is 66.3 Å². The van der Waals surface area contributed by atoms with Gasteiger partial charge >= 0.3 is 0 Å². The van der Waals surface area contributed by atoms with Crippen molar-refractivity contribution in [3.8, 4) is 5.75 Å². The fourth-order valence-electron chi connectivity index (χ4n) is 4.13. The summed E-state index contributed by atoms with van der Waals surface area (Å²) in [7, 11) is -3.50. The molecule has 3 aromatic rings. The van der Waals surface area contributed by atoms with Gasteiger partial charge in [-0.3, -0.25) is 9.10 Å². The zero-order valence-electron chi connectivity index (χ0n) is 21.6. The highest BCUT2D eigenvalue weighted by molar-refractivity contribution is 7.92. The lowest BCUT2D eigenvalue weighted by Crippen LogP contribution is -2.31. The third-order valence-corrected chi connectivity index (χ3v) is 7.12. The Morgan fingerprint density at radius 1 is 0.944 bits per heavy atom. The van der Waals surface area contributed by atoms with Crippen molar-refractivity contribution in [2.75, 3.05) is 23.7 Å². The van der Waals surface area contributed by atoms with Crippen LogP contribution in [0.3, 0.4) is 0 Å². The molecule has 192 valence electrons.